The Morgan fingerprint density at radius 1 is 1.17 bits per heavy atom. The number of hydrogen-bond acceptors (Lipinski definition) is 4. The number of rotatable bonds is 6. The minimum atomic E-state index is -0.444. The lowest BCUT2D eigenvalue weighted by molar-refractivity contribution is -0.129. The quantitative estimate of drug-likeness (QED) is 0.811. The van der Waals surface area contributed by atoms with Crippen LogP contribution in [0.25, 0.3) is 0 Å². The molecule has 1 N–H and O–H groups in total. The Balaban J connectivity index is 2.24. The summed E-state index contributed by atoms with van der Waals surface area (Å²) in [5, 5.41) is 3.26. The molecular formula is C17H33N3O3. The molecule has 23 heavy (non-hydrogen) atoms. The van der Waals surface area contributed by atoms with Crippen LogP contribution in [0.15, 0.2) is 0 Å². The summed E-state index contributed by atoms with van der Waals surface area (Å²) in [4.78, 5) is 27.5. The first-order valence-corrected chi connectivity index (χ1v) is 8.73. The SMILES string of the molecule is CCN(CC)C(=O)CNCC1CCN(C(=O)OC(C)(C)C)CC1. The van der Waals surface area contributed by atoms with E-state index in [0.29, 0.717) is 12.5 Å². The lowest BCUT2D eigenvalue weighted by Gasteiger charge is -2.33. The first kappa shape index (κ1) is 19.7. The summed E-state index contributed by atoms with van der Waals surface area (Å²) in [5.41, 5.74) is -0.444. The summed E-state index contributed by atoms with van der Waals surface area (Å²) in [6.07, 6.45) is 1.68. The highest BCUT2D eigenvalue weighted by molar-refractivity contribution is 5.78. The van der Waals surface area contributed by atoms with Crippen molar-refractivity contribution in [2.45, 2.75) is 53.1 Å². The van der Waals surface area contributed by atoms with E-state index in [1.165, 1.54) is 0 Å². The number of likely N-dealkylation sites (N-methyl/N-ethyl adjacent to an activating group) is 1. The van der Waals surface area contributed by atoms with Crippen LogP contribution in [0.1, 0.15) is 47.5 Å². The van der Waals surface area contributed by atoms with Crippen LogP contribution in [0.4, 0.5) is 4.79 Å². The maximum absolute atomic E-state index is 12.0. The molecular weight excluding hydrogens is 294 g/mol. The molecule has 1 heterocycles. The second-order valence-corrected chi connectivity index (χ2v) is 7.11. The predicted octanol–water partition coefficient (Wildman–Crippen LogP) is 2.09. The van der Waals surface area contributed by atoms with Gasteiger partial charge < -0.3 is 19.9 Å². The number of carbonyl (C=O) groups excluding carboxylic acids is 2. The van der Waals surface area contributed by atoms with Gasteiger partial charge in [0, 0.05) is 26.2 Å². The van der Waals surface area contributed by atoms with E-state index < -0.39 is 5.60 Å². The van der Waals surface area contributed by atoms with Crippen LogP contribution in [0.3, 0.4) is 0 Å². The average Bonchev–Trinajstić information content (AvgIpc) is 2.47. The van der Waals surface area contributed by atoms with Gasteiger partial charge >= 0.3 is 6.09 Å². The van der Waals surface area contributed by atoms with E-state index in [-0.39, 0.29) is 12.0 Å². The fourth-order valence-electron chi connectivity index (χ4n) is 2.72. The van der Waals surface area contributed by atoms with E-state index in [4.69, 9.17) is 4.74 Å². The van der Waals surface area contributed by atoms with E-state index in [0.717, 1.165) is 45.6 Å². The van der Waals surface area contributed by atoms with Crippen LogP contribution in [0.5, 0.6) is 0 Å². The molecule has 0 aromatic rings. The maximum Gasteiger partial charge on any atom is 0.410 e. The number of nitrogens with zero attached hydrogens (tertiary/aromatic N) is 2. The lowest BCUT2D eigenvalue weighted by Crippen LogP contribution is -2.44. The minimum Gasteiger partial charge on any atom is -0.444 e. The molecule has 6 heteroatoms. The molecule has 1 aliphatic rings. The molecule has 1 aliphatic heterocycles. The van der Waals surface area contributed by atoms with Gasteiger partial charge in [-0.15, -0.1) is 0 Å². The first-order valence-electron chi connectivity index (χ1n) is 8.73. The van der Waals surface area contributed by atoms with Crippen molar-refractivity contribution in [3.05, 3.63) is 0 Å². The van der Waals surface area contributed by atoms with Crippen molar-refractivity contribution in [2.24, 2.45) is 5.92 Å². The highest BCUT2D eigenvalue weighted by Crippen LogP contribution is 2.19. The standard InChI is InChI=1S/C17H33N3O3/c1-6-19(7-2)15(21)13-18-12-14-8-10-20(11-9-14)16(22)23-17(3,4)5/h14,18H,6-13H2,1-5H3. The molecule has 134 valence electrons. The number of amides is 2. The van der Waals surface area contributed by atoms with E-state index in [9.17, 15) is 9.59 Å². The molecule has 0 saturated carbocycles. The van der Waals surface area contributed by atoms with E-state index in [1.807, 2.05) is 39.5 Å². The molecule has 1 fully saturated rings. The Hall–Kier alpha value is -1.30. The number of piperidine rings is 1. The zero-order valence-electron chi connectivity index (χ0n) is 15.4. The Bertz CT molecular complexity index is 381. The number of nitrogens with one attached hydrogen (secondary N) is 1. The summed E-state index contributed by atoms with van der Waals surface area (Å²) in [6.45, 7) is 13.8. The fourth-order valence-corrected chi connectivity index (χ4v) is 2.72. The van der Waals surface area contributed by atoms with Crippen LogP contribution in [0.2, 0.25) is 0 Å². The lowest BCUT2D eigenvalue weighted by atomic mass is 9.97. The Labute approximate surface area is 140 Å². The summed E-state index contributed by atoms with van der Waals surface area (Å²) in [7, 11) is 0. The zero-order chi connectivity index (χ0) is 17.5. The molecule has 0 bridgehead atoms. The molecule has 0 spiro atoms. The fraction of sp³-hybridized carbons (Fsp3) is 0.882. The molecule has 0 atom stereocenters. The van der Waals surface area contributed by atoms with Gasteiger partial charge in [0.25, 0.3) is 0 Å². The van der Waals surface area contributed by atoms with Gasteiger partial charge in [-0.25, -0.2) is 4.79 Å². The number of carbonyl (C=O) groups is 2. The molecule has 0 aliphatic carbocycles. The van der Waals surface area contributed by atoms with Crippen molar-refractivity contribution < 1.29 is 14.3 Å². The normalized spacial score (nSPS) is 16.3. The van der Waals surface area contributed by atoms with Crippen molar-refractivity contribution in [1.82, 2.24) is 15.1 Å². The van der Waals surface area contributed by atoms with Crippen LogP contribution >= 0.6 is 0 Å². The number of likely N-dealkylation sites (tertiary alicyclic amines) is 1. The molecule has 6 nitrogen and oxygen atoms in total. The highest BCUT2D eigenvalue weighted by Gasteiger charge is 2.26. The third-order valence-electron chi connectivity index (χ3n) is 4.09. The third kappa shape index (κ3) is 7.20. The van der Waals surface area contributed by atoms with Gasteiger partial charge in [0.1, 0.15) is 5.60 Å². The average molecular weight is 327 g/mol. The largest absolute Gasteiger partial charge is 0.444 e. The van der Waals surface area contributed by atoms with Crippen molar-refractivity contribution in [2.75, 3.05) is 39.3 Å². The second kappa shape index (κ2) is 9.11. The van der Waals surface area contributed by atoms with Gasteiger partial charge in [0.2, 0.25) is 5.91 Å². The Kier molecular flexibility index (Phi) is 7.82. The number of ether oxygens (including phenoxy) is 1. The van der Waals surface area contributed by atoms with E-state index in [1.54, 1.807) is 4.90 Å². The van der Waals surface area contributed by atoms with Gasteiger partial charge in [0.05, 0.1) is 6.54 Å². The Morgan fingerprint density at radius 3 is 2.22 bits per heavy atom. The molecule has 0 unspecified atom stereocenters. The highest BCUT2D eigenvalue weighted by atomic mass is 16.6. The third-order valence-corrected chi connectivity index (χ3v) is 4.09. The van der Waals surface area contributed by atoms with Crippen LogP contribution in [-0.4, -0.2) is 66.7 Å². The van der Waals surface area contributed by atoms with Crippen molar-refractivity contribution in [1.29, 1.82) is 0 Å². The zero-order valence-corrected chi connectivity index (χ0v) is 15.4. The molecule has 2 amide bonds. The van der Waals surface area contributed by atoms with E-state index in [2.05, 4.69) is 5.32 Å². The molecule has 0 aromatic heterocycles. The van der Waals surface area contributed by atoms with Gasteiger partial charge in [0.15, 0.2) is 0 Å². The van der Waals surface area contributed by atoms with E-state index >= 15 is 0 Å². The minimum absolute atomic E-state index is 0.154. The summed E-state index contributed by atoms with van der Waals surface area (Å²) < 4.78 is 5.40. The molecule has 0 radical (unpaired) electrons. The topological polar surface area (TPSA) is 61.9 Å². The summed E-state index contributed by atoms with van der Waals surface area (Å²) in [5.74, 6) is 0.666. The van der Waals surface area contributed by atoms with Gasteiger partial charge in [-0.05, 0) is 59.9 Å². The van der Waals surface area contributed by atoms with Crippen molar-refractivity contribution >= 4 is 12.0 Å². The second-order valence-electron chi connectivity index (χ2n) is 7.11. The summed E-state index contributed by atoms with van der Waals surface area (Å²) in [6, 6.07) is 0. The van der Waals surface area contributed by atoms with Gasteiger partial charge in [-0.1, -0.05) is 0 Å². The van der Waals surface area contributed by atoms with Crippen LogP contribution in [-0.2, 0) is 9.53 Å². The van der Waals surface area contributed by atoms with Crippen LogP contribution < -0.4 is 5.32 Å². The van der Waals surface area contributed by atoms with Crippen molar-refractivity contribution in [3.63, 3.8) is 0 Å². The maximum atomic E-state index is 12.0. The molecule has 1 rings (SSSR count). The van der Waals surface area contributed by atoms with Gasteiger partial charge in [-0.3, -0.25) is 4.79 Å². The summed E-state index contributed by atoms with van der Waals surface area (Å²) >= 11 is 0. The van der Waals surface area contributed by atoms with Crippen molar-refractivity contribution in [3.8, 4) is 0 Å². The Morgan fingerprint density at radius 2 is 1.74 bits per heavy atom. The molecule has 0 aromatic carbocycles. The number of hydrogen-bond donors (Lipinski definition) is 1. The molecule has 1 saturated heterocycles. The van der Waals surface area contributed by atoms with Crippen LogP contribution in [0, 0.1) is 5.92 Å². The predicted molar refractivity (Wildman–Crippen MR) is 91.3 cm³/mol. The first-order chi connectivity index (χ1) is 10.8. The van der Waals surface area contributed by atoms with Gasteiger partial charge in [-0.2, -0.15) is 0 Å². The smallest absolute Gasteiger partial charge is 0.410 e. The monoisotopic (exact) mass is 327 g/mol.